The highest BCUT2D eigenvalue weighted by atomic mass is 19.1. The second-order valence-corrected chi connectivity index (χ2v) is 5.28. The monoisotopic (exact) mass is 295 g/mol. The van der Waals surface area contributed by atoms with E-state index in [1.165, 1.54) is 6.92 Å². The third kappa shape index (κ3) is 3.75. The summed E-state index contributed by atoms with van der Waals surface area (Å²) in [5.74, 6) is -0.743. The van der Waals surface area contributed by atoms with E-state index >= 15 is 0 Å². The highest BCUT2D eigenvalue weighted by molar-refractivity contribution is 5.98. The van der Waals surface area contributed by atoms with Crippen molar-refractivity contribution in [2.24, 2.45) is 5.92 Å². The van der Waals surface area contributed by atoms with Crippen molar-refractivity contribution < 1.29 is 14.1 Å². The summed E-state index contributed by atoms with van der Waals surface area (Å²) in [5.41, 5.74) is -0.413. The van der Waals surface area contributed by atoms with Crippen molar-refractivity contribution in [3.63, 3.8) is 0 Å². The van der Waals surface area contributed by atoms with Crippen LogP contribution in [0.3, 0.4) is 0 Å². The first-order chi connectivity index (χ1) is 9.99. The van der Waals surface area contributed by atoms with Gasteiger partial charge < -0.3 is 10.6 Å². The predicted octanol–water partition coefficient (Wildman–Crippen LogP) is 1.77. The molecule has 1 amide bonds. The summed E-state index contributed by atoms with van der Waals surface area (Å²) >= 11 is 0. The molecular formula is C14H18FN3O3. The van der Waals surface area contributed by atoms with Gasteiger partial charge in [0.2, 0.25) is 0 Å². The molecule has 1 aromatic carbocycles. The Morgan fingerprint density at radius 3 is 2.95 bits per heavy atom. The number of aryl methyl sites for hydroxylation is 1. The fraction of sp³-hybridized carbons (Fsp3) is 0.500. The zero-order valence-electron chi connectivity index (χ0n) is 11.8. The standard InChI is InChI=1S/C14H18FN3O3/c1-9-6-11(15)7-12(13(9)18(20)21)14(19)17-5-3-10-2-4-16-8-10/h6-7,10,16H,2-5,8H2,1H3,(H,17,19). The van der Waals surface area contributed by atoms with Gasteiger partial charge in [0, 0.05) is 12.1 Å². The van der Waals surface area contributed by atoms with Crippen molar-refractivity contribution in [2.45, 2.75) is 19.8 Å². The lowest BCUT2D eigenvalue weighted by atomic mass is 10.0. The van der Waals surface area contributed by atoms with E-state index in [1.807, 2.05) is 0 Å². The van der Waals surface area contributed by atoms with Crippen LogP contribution in [-0.2, 0) is 0 Å². The molecular weight excluding hydrogens is 277 g/mol. The Hall–Kier alpha value is -2.02. The molecule has 0 radical (unpaired) electrons. The molecule has 0 spiro atoms. The van der Waals surface area contributed by atoms with Gasteiger partial charge in [0.1, 0.15) is 11.4 Å². The number of nitro groups is 1. The van der Waals surface area contributed by atoms with Gasteiger partial charge in [-0.3, -0.25) is 14.9 Å². The van der Waals surface area contributed by atoms with Crippen LogP contribution < -0.4 is 10.6 Å². The van der Waals surface area contributed by atoms with E-state index in [2.05, 4.69) is 10.6 Å². The molecule has 1 aromatic rings. The van der Waals surface area contributed by atoms with E-state index in [0.29, 0.717) is 12.5 Å². The molecule has 0 bridgehead atoms. The van der Waals surface area contributed by atoms with Crippen molar-refractivity contribution in [1.82, 2.24) is 10.6 Å². The van der Waals surface area contributed by atoms with Gasteiger partial charge in [-0.15, -0.1) is 0 Å². The van der Waals surface area contributed by atoms with E-state index < -0.39 is 16.6 Å². The summed E-state index contributed by atoms with van der Waals surface area (Å²) < 4.78 is 13.4. The molecule has 2 rings (SSSR count). The second kappa shape index (κ2) is 6.62. The van der Waals surface area contributed by atoms with Crippen LogP contribution in [0, 0.1) is 28.8 Å². The Morgan fingerprint density at radius 1 is 1.57 bits per heavy atom. The summed E-state index contributed by atoms with van der Waals surface area (Å²) in [7, 11) is 0. The van der Waals surface area contributed by atoms with Crippen LogP contribution in [0.2, 0.25) is 0 Å². The number of carbonyl (C=O) groups excluding carboxylic acids is 1. The molecule has 1 aliphatic rings. The molecule has 1 unspecified atom stereocenters. The number of halogens is 1. The Labute approximate surface area is 121 Å². The molecule has 0 aliphatic carbocycles. The van der Waals surface area contributed by atoms with Crippen molar-refractivity contribution in [2.75, 3.05) is 19.6 Å². The van der Waals surface area contributed by atoms with Crippen LogP contribution in [0.25, 0.3) is 0 Å². The minimum Gasteiger partial charge on any atom is -0.352 e. The van der Waals surface area contributed by atoms with Crippen LogP contribution in [0.1, 0.15) is 28.8 Å². The number of benzene rings is 1. The van der Waals surface area contributed by atoms with Crippen LogP contribution in [0.5, 0.6) is 0 Å². The number of nitrogens with one attached hydrogen (secondary N) is 2. The van der Waals surface area contributed by atoms with Crippen LogP contribution in [-0.4, -0.2) is 30.5 Å². The van der Waals surface area contributed by atoms with Gasteiger partial charge in [-0.25, -0.2) is 4.39 Å². The number of hydrogen-bond acceptors (Lipinski definition) is 4. The highest BCUT2D eigenvalue weighted by Crippen LogP contribution is 2.24. The molecule has 1 aliphatic heterocycles. The number of hydrogen-bond donors (Lipinski definition) is 2. The van der Waals surface area contributed by atoms with Crippen LogP contribution in [0.15, 0.2) is 12.1 Å². The number of nitro benzene ring substituents is 1. The molecule has 114 valence electrons. The van der Waals surface area contributed by atoms with Crippen LogP contribution >= 0.6 is 0 Å². The lowest BCUT2D eigenvalue weighted by Gasteiger charge is -2.10. The first-order valence-electron chi connectivity index (χ1n) is 6.92. The molecule has 2 N–H and O–H groups in total. The summed E-state index contributed by atoms with van der Waals surface area (Å²) in [6.07, 6.45) is 1.87. The van der Waals surface area contributed by atoms with Gasteiger partial charge in [0.15, 0.2) is 0 Å². The summed E-state index contributed by atoms with van der Waals surface area (Å²) in [5, 5.41) is 16.9. The maximum atomic E-state index is 13.4. The molecule has 0 saturated carbocycles. The summed E-state index contributed by atoms with van der Waals surface area (Å²) in [6.45, 7) is 3.75. The van der Waals surface area contributed by atoms with Gasteiger partial charge in [-0.2, -0.15) is 0 Å². The largest absolute Gasteiger partial charge is 0.352 e. The predicted molar refractivity (Wildman–Crippen MR) is 75.7 cm³/mol. The Bertz CT molecular complexity index is 557. The zero-order valence-corrected chi connectivity index (χ0v) is 11.8. The van der Waals surface area contributed by atoms with E-state index in [4.69, 9.17) is 0 Å². The Balaban J connectivity index is 2.05. The minimum absolute atomic E-state index is 0.144. The van der Waals surface area contributed by atoms with E-state index in [0.717, 1.165) is 38.1 Å². The average Bonchev–Trinajstić information content (AvgIpc) is 2.90. The lowest BCUT2D eigenvalue weighted by Crippen LogP contribution is -2.27. The fourth-order valence-corrected chi connectivity index (χ4v) is 2.60. The molecule has 21 heavy (non-hydrogen) atoms. The number of amides is 1. The molecule has 1 saturated heterocycles. The van der Waals surface area contributed by atoms with Gasteiger partial charge in [-0.1, -0.05) is 0 Å². The van der Waals surface area contributed by atoms with Crippen molar-refractivity contribution in [3.05, 3.63) is 39.2 Å². The van der Waals surface area contributed by atoms with Gasteiger partial charge >= 0.3 is 0 Å². The van der Waals surface area contributed by atoms with Crippen molar-refractivity contribution >= 4 is 11.6 Å². The first-order valence-corrected chi connectivity index (χ1v) is 6.92. The summed E-state index contributed by atoms with van der Waals surface area (Å²) in [4.78, 5) is 22.4. The normalized spacial score (nSPS) is 17.7. The third-order valence-corrected chi connectivity index (χ3v) is 3.69. The van der Waals surface area contributed by atoms with Gasteiger partial charge in [-0.05, 0) is 50.9 Å². The third-order valence-electron chi connectivity index (χ3n) is 3.69. The Kier molecular flexibility index (Phi) is 4.85. The number of nitrogens with zero attached hydrogens (tertiary/aromatic N) is 1. The fourth-order valence-electron chi connectivity index (χ4n) is 2.60. The molecule has 1 fully saturated rings. The highest BCUT2D eigenvalue weighted by Gasteiger charge is 2.24. The first kappa shape index (κ1) is 15.4. The number of carbonyl (C=O) groups is 1. The molecule has 7 heteroatoms. The maximum absolute atomic E-state index is 13.4. The van der Waals surface area contributed by atoms with Gasteiger partial charge in [0.25, 0.3) is 11.6 Å². The topological polar surface area (TPSA) is 84.3 Å². The van der Waals surface area contributed by atoms with Crippen LogP contribution in [0.4, 0.5) is 10.1 Å². The van der Waals surface area contributed by atoms with E-state index in [1.54, 1.807) is 0 Å². The SMILES string of the molecule is Cc1cc(F)cc(C(=O)NCCC2CCNC2)c1[N+](=O)[O-]. The Morgan fingerprint density at radius 2 is 2.33 bits per heavy atom. The average molecular weight is 295 g/mol. The van der Waals surface area contributed by atoms with E-state index in [-0.39, 0.29) is 16.8 Å². The smallest absolute Gasteiger partial charge is 0.285 e. The van der Waals surface area contributed by atoms with Crippen molar-refractivity contribution in [1.29, 1.82) is 0 Å². The van der Waals surface area contributed by atoms with E-state index in [9.17, 15) is 19.3 Å². The van der Waals surface area contributed by atoms with Gasteiger partial charge in [0.05, 0.1) is 4.92 Å². The molecule has 0 aromatic heterocycles. The zero-order chi connectivity index (χ0) is 15.4. The second-order valence-electron chi connectivity index (χ2n) is 5.28. The quantitative estimate of drug-likeness (QED) is 0.640. The molecule has 1 heterocycles. The lowest BCUT2D eigenvalue weighted by molar-refractivity contribution is -0.385. The molecule has 1 atom stereocenters. The minimum atomic E-state index is -0.650. The maximum Gasteiger partial charge on any atom is 0.285 e. The van der Waals surface area contributed by atoms with Crippen molar-refractivity contribution in [3.8, 4) is 0 Å². The molecule has 6 nitrogen and oxygen atoms in total. The summed E-state index contributed by atoms with van der Waals surface area (Å²) in [6, 6.07) is 1.97. The number of rotatable bonds is 5.